The van der Waals surface area contributed by atoms with Gasteiger partial charge in [-0.1, -0.05) is 24.3 Å². The first-order valence-corrected chi connectivity index (χ1v) is 7.58. The van der Waals surface area contributed by atoms with Gasteiger partial charge in [-0.2, -0.15) is 5.10 Å². The van der Waals surface area contributed by atoms with Crippen molar-refractivity contribution in [3.05, 3.63) is 72.3 Å². The summed E-state index contributed by atoms with van der Waals surface area (Å²) in [6.45, 7) is 2.91. The van der Waals surface area contributed by atoms with Crippen molar-refractivity contribution in [3.63, 3.8) is 0 Å². The van der Waals surface area contributed by atoms with Gasteiger partial charge >= 0.3 is 0 Å². The maximum absolute atomic E-state index is 12.4. The van der Waals surface area contributed by atoms with Crippen LogP contribution in [0.3, 0.4) is 0 Å². The number of rotatable bonds is 5. The fourth-order valence-corrected chi connectivity index (χ4v) is 2.47. The molecule has 5 nitrogen and oxygen atoms in total. The molecular weight excluding hydrogens is 288 g/mol. The Morgan fingerprint density at radius 2 is 1.91 bits per heavy atom. The van der Waals surface area contributed by atoms with Crippen molar-refractivity contribution in [1.82, 2.24) is 19.2 Å². The topological polar surface area (TPSA) is 43.1 Å². The minimum Gasteiger partial charge on any atom is -0.340 e. The predicted octanol–water partition coefficient (Wildman–Crippen LogP) is 2.64. The third kappa shape index (κ3) is 3.51. The number of hydrogen-bond acceptors (Lipinski definition) is 2. The normalized spacial score (nSPS) is 10.7. The van der Waals surface area contributed by atoms with E-state index in [0.717, 1.165) is 11.3 Å². The summed E-state index contributed by atoms with van der Waals surface area (Å²) in [5.41, 5.74) is 3.31. The van der Waals surface area contributed by atoms with Crippen LogP contribution in [-0.4, -0.2) is 32.2 Å². The Labute approximate surface area is 135 Å². The molecule has 0 N–H and O–H groups in total. The van der Waals surface area contributed by atoms with Gasteiger partial charge in [-0.15, -0.1) is 0 Å². The summed E-state index contributed by atoms with van der Waals surface area (Å²) < 4.78 is 3.64. The molecule has 0 spiro atoms. The highest BCUT2D eigenvalue weighted by Crippen LogP contribution is 2.10. The molecule has 2 aromatic heterocycles. The van der Waals surface area contributed by atoms with Crippen LogP contribution in [0.2, 0.25) is 0 Å². The van der Waals surface area contributed by atoms with E-state index in [1.807, 2.05) is 54.5 Å². The van der Waals surface area contributed by atoms with Gasteiger partial charge in [-0.05, 0) is 30.2 Å². The summed E-state index contributed by atoms with van der Waals surface area (Å²) in [4.78, 5) is 14.1. The summed E-state index contributed by atoms with van der Waals surface area (Å²) in [5, 5.41) is 4.27. The molecule has 3 aromatic rings. The lowest BCUT2D eigenvalue weighted by Gasteiger charge is -2.18. The number of carbonyl (C=O) groups excluding carboxylic acids is 1. The first-order valence-electron chi connectivity index (χ1n) is 7.58. The van der Waals surface area contributed by atoms with Crippen LogP contribution >= 0.6 is 0 Å². The van der Waals surface area contributed by atoms with Gasteiger partial charge in [0.05, 0.1) is 11.9 Å². The number of carbonyl (C=O) groups is 1. The van der Waals surface area contributed by atoms with Crippen molar-refractivity contribution in [2.45, 2.75) is 20.0 Å². The van der Waals surface area contributed by atoms with E-state index in [2.05, 4.69) is 24.2 Å². The Hall–Kier alpha value is -2.82. The van der Waals surface area contributed by atoms with Crippen molar-refractivity contribution in [3.8, 4) is 5.69 Å². The average Bonchev–Trinajstić information content (AvgIpc) is 3.20. The van der Waals surface area contributed by atoms with Gasteiger partial charge in [0.25, 0.3) is 0 Å². The minimum atomic E-state index is 0.0374. The molecule has 0 saturated carbocycles. The van der Waals surface area contributed by atoms with Gasteiger partial charge in [0.15, 0.2) is 0 Å². The Balaban J connectivity index is 1.64. The number of hydrogen-bond donors (Lipinski definition) is 0. The molecule has 1 aromatic carbocycles. The molecule has 0 saturated heterocycles. The number of nitrogens with zero attached hydrogens (tertiary/aromatic N) is 4. The van der Waals surface area contributed by atoms with Crippen LogP contribution in [0, 0.1) is 6.92 Å². The molecule has 1 amide bonds. The molecule has 5 heteroatoms. The minimum absolute atomic E-state index is 0.0374. The van der Waals surface area contributed by atoms with Gasteiger partial charge < -0.3 is 9.47 Å². The highest BCUT2D eigenvalue weighted by atomic mass is 16.2. The van der Waals surface area contributed by atoms with Crippen molar-refractivity contribution < 1.29 is 4.79 Å². The first-order chi connectivity index (χ1) is 11.1. The van der Waals surface area contributed by atoms with E-state index in [1.165, 1.54) is 5.56 Å². The highest BCUT2D eigenvalue weighted by molar-refractivity contribution is 5.75. The highest BCUT2D eigenvalue weighted by Gasteiger charge is 2.12. The monoisotopic (exact) mass is 308 g/mol. The van der Waals surface area contributed by atoms with E-state index in [1.54, 1.807) is 15.8 Å². The van der Waals surface area contributed by atoms with E-state index in [0.29, 0.717) is 6.54 Å². The SMILES string of the molecule is Cc1ccccc1CN(C)C(=O)Cn1cc(-n2cccc2)cn1. The number of aromatic nitrogens is 3. The van der Waals surface area contributed by atoms with Crippen LogP contribution in [0.15, 0.2) is 61.2 Å². The summed E-state index contributed by atoms with van der Waals surface area (Å²) in [6.07, 6.45) is 7.54. The summed E-state index contributed by atoms with van der Waals surface area (Å²) in [5.74, 6) is 0.0374. The molecule has 0 aliphatic heterocycles. The van der Waals surface area contributed by atoms with Crippen LogP contribution < -0.4 is 0 Å². The molecule has 0 aliphatic rings. The zero-order valence-electron chi connectivity index (χ0n) is 13.4. The third-order valence-corrected chi connectivity index (χ3v) is 3.91. The predicted molar refractivity (Wildman–Crippen MR) is 89.2 cm³/mol. The lowest BCUT2D eigenvalue weighted by atomic mass is 10.1. The van der Waals surface area contributed by atoms with Crippen molar-refractivity contribution in [2.75, 3.05) is 7.05 Å². The molecule has 3 rings (SSSR count). The second-order valence-corrected chi connectivity index (χ2v) is 5.66. The van der Waals surface area contributed by atoms with E-state index in [-0.39, 0.29) is 12.5 Å². The number of amides is 1. The maximum atomic E-state index is 12.4. The van der Waals surface area contributed by atoms with Gasteiger partial charge in [0, 0.05) is 32.2 Å². The van der Waals surface area contributed by atoms with Crippen molar-refractivity contribution in [2.24, 2.45) is 0 Å². The van der Waals surface area contributed by atoms with Gasteiger partial charge in [-0.3, -0.25) is 9.48 Å². The second kappa shape index (κ2) is 6.52. The fraction of sp³-hybridized carbons (Fsp3) is 0.222. The third-order valence-electron chi connectivity index (χ3n) is 3.91. The molecule has 118 valence electrons. The molecule has 0 fully saturated rings. The van der Waals surface area contributed by atoms with E-state index >= 15 is 0 Å². The van der Waals surface area contributed by atoms with Gasteiger partial charge in [0.1, 0.15) is 6.54 Å². The summed E-state index contributed by atoms with van der Waals surface area (Å²) >= 11 is 0. The fourth-order valence-electron chi connectivity index (χ4n) is 2.47. The summed E-state index contributed by atoms with van der Waals surface area (Å²) in [6, 6.07) is 12.0. The maximum Gasteiger partial charge on any atom is 0.244 e. The van der Waals surface area contributed by atoms with Crippen LogP contribution in [0.1, 0.15) is 11.1 Å². The summed E-state index contributed by atoms with van der Waals surface area (Å²) in [7, 11) is 1.82. The second-order valence-electron chi connectivity index (χ2n) is 5.66. The lowest BCUT2D eigenvalue weighted by Crippen LogP contribution is -2.30. The van der Waals surface area contributed by atoms with Crippen LogP contribution in [0.5, 0.6) is 0 Å². The van der Waals surface area contributed by atoms with Crippen molar-refractivity contribution >= 4 is 5.91 Å². The largest absolute Gasteiger partial charge is 0.340 e. The Morgan fingerprint density at radius 3 is 2.65 bits per heavy atom. The Bertz CT molecular complexity index is 789. The van der Waals surface area contributed by atoms with Crippen LogP contribution in [0.25, 0.3) is 5.69 Å². The van der Waals surface area contributed by atoms with E-state index in [4.69, 9.17) is 0 Å². The van der Waals surface area contributed by atoms with E-state index in [9.17, 15) is 4.79 Å². The van der Waals surface area contributed by atoms with E-state index < -0.39 is 0 Å². The van der Waals surface area contributed by atoms with Crippen LogP contribution in [0.4, 0.5) is 0 Å². The molecular formula is C18H20N4O. The molecule has 0 bridgehead atoms. The quantitative estimate of drug-likeness (QED) is 0.727. The first kappa shape index (κ1) is 15.1. The average molecular weight is 308 g/mol. The molecule has 23 heavy (non-hydrogen) atoms. The van der Waals surface area contributed by atoms with Gasteiger partial charge in [0.2, 0.25) is 5.91 Å². The number of aryl methyl sites for hydroxylation is 1. The molecule has 2 heterocycles. The zero-order chi connectivity index (χ0) is 16.2. The zero-order valence-corrected chi connectivity index (χ0v) is 13.4. The molecule has 0 aliphatic carbocycles. The number of likely N-dealkylation sites (N-methyl/N-ethyl adjacent to an activating group) is 1. The van der Waals surface area contributed by atoms with Crippen molar-refractivity contribution in [1.29, 1.82) is 0 Å². The smallest absolute Gasteiger partial charge is 0.244 e. The van der Waals surface area contributed by atoms with Gasteiger partial charge in [-0.25, -0.2) is 0 Å². The molecule has 0 radical (unpaired) electrons. The number of benzene rings is 1. The Morgan fingerprint density at radius 1 is 1.17 bits per heavy atom. The standard InChI is InChI=1S/C18H20N4O/c1-15-7-3-4-8-16(15)12-20(2)18(23)14-22-13-17(11-19-22)21-9-5-6-10-21/h3-11,13H,12,14H2,1-2H3. The lowest BCUT2D eigenvalue weighted by molar-refractivity contribution is -0.131. The molecule has 0 unspecified atom stereocenters. The van der Waals surface area contributed by atoms with Crippen LogP contribution in [-0.2, 0) is 17.9 Å². The molecule has 0 atom stereocenters. The Kier molecular flexibility index (Phi) is 4.28.